The Morgan fingerprint density at radius 1 is 1.30 bits per heavy atom. The van der Waals surface area contributed by atoms with Gasteiger partial charge < -0.3 is 20.5 Å². The second-order valence-electron chi connectivity index (χ2n) is 9.11. The summed E-state index contributed by atoms with van der Waals surface area (Å²) in [5, 5.41) is 0.218. The summed E-state index contributed by atoms with van der Waals surface area (Å²) in [7, 11) is 0. The van der Waals surface area contributed by atoms with Gasteiger partial charge in [-0.2, -0.15) is 0 Å². The second kappa shape index (κ2) is 8.78. The Kier molecular flexibility index (Phi) is 6.18. The van der Waals surface area contributed by atoms with E-state index in [4.69, 9.17) is 17.3 Å². The molecule has 8 nitrogen and oxygen atoms in total. The highest BCUT2D eigenvalue weighted by Crippen LogP contribution is 2.48. The summed E-state index contributed by atoms with van der Waals surface area (Å²) in [6, 6.07) is 3.87. The number of halogens is 2. The van der Waals surface area contributed by atoms with E-state index in [9.17, 15) is 18.8 Å². The minimum atomic E-state index is -0.762. The van der Waals surface area contributed by atoms with Crippen LogP contribution < -0.4 is 10.6 Å². The Morgan fingerprint density at radius 2 is 2.00 bits per heavy atom. The zero-order valence-corrected chi connectivity index (χ0v) is 19.4. The molecule has 176 valence electrons. The van der Waals surface area contributed by atoms with E-state index in [0.29, 0.717) is 44.3 Å². The monoisotopic (exact) mass is 475 g/mol. The third-order valence-electron chi connectivity index (χ3n) is 6.90. The molecule has 1 saturated carbocycles. The number of rotatable bonds is 5. The van der Waals surface area contributed by atoms with Crippen molar-refractivity contribution in [3.8, 4) is 0 Å². The molecule has 1 saturated heterocycles. The molecule has 10 heteroatoms. The van der Waals surface area contributed by atoms with Gasteiger partial charge in [-0.3, -0.25) is 14.4 Å². The van der Waals surface area contributed by atoms with Crippen LogP contribution in [0.5, 0.6) is 0 Å². The van der Waals surface area contributed by atoms with Crippen molar-refractivity contribution in [2.45, 2.75) is 58.0 Å². The van der Waals surface area contributed by atoms with Crippen LogP contribution in [-0.4, -0.2) is 51.2 Å². The number of carbonyl (C=O) groups excluding carboxylic acids is 3. The first-order valence-corrected chi connectivity index (χ1v) is 11.5. The van der Waals surface area contributed by atoms with Crippen LogP contribution in [-0.2, 0) is 4.79 Å². The first-order valence-electron chi connectivity index (χ1n) is 11.1. The topological polar surface area (TPSA) is 112 Å². The van der Waals surface area contributed by atoms with Crippen molar-refractivity contribution in [1.82, 2.24) is 14.9 Å². The van der Waals surface area contributed by atoms with Crippen molar-refractivity contribution in [2.75, 3.05) is 11.4 Å². The number of benzene rings is 1. The molecule has 3 N–H and O–H groups in total. The summed E-state index contributed by atoms with van der Waals surface area (Å²) in [4.78, 5) is 48.4. The van der Waals surface area contributed by atoms with Crippen LogP contribution in [0.1, 0.15) is 66.9 Å². The van der Waals surface area contributed by atoms with E-state index in [0.717, 1.165) is 0 Å². The van der Waals surface area contributed by atoms with Gasteiger partial charge in [-0.15, -0.1) is 0 Å². The van der Waals surface area contributed by atoms with Crippen molar-refractivity contribution in [3.63, 3.8) is 0 Å². The third kappa shape index (κ3) is 4.10. The maximum Gasteiger partial charge on any atom is 0.273 e. The lowest BCUT2D eigenvalue weighted by Crippen LogP contribution is -2.49. The lowest BCUT2D eigenvalue weighted by atomic mass is 9.71. The predicted molar refractivity (Wildman–Crippen MR) is 121 cm³/mol. The maximum absolute atomic E-state index is 13.4. The van der Waals surface area contributed by atoms with Gasteiger partial charge in [0, 0.05) is 18.6 Å². The normalized spacial score (nSPS) is 22.9. The summed E-state index contributed by atoms with van der Waals surface area (Å²) in [6.07, 6.45) is 4.55. The number of nitrogens with one attached hydrogen (secondary N) is 1. The van der Waals surface area contributed by atoms with Crippen LogP contribution in [0.25, 0.3) is 0 Å². The number of aromatic amines is 1. The molecule has 2 fully saturated rings. The molecule has 1 aromatic carbocycles. The molecule has 1 aromatic heterocycles. The highest BCUT2D eigenvalue weighted by molar-refractivity contribution is 6.34. The Labute approximate surface area is 196 Å². The summed E-state index contributed by atoms with van der Waals surface area (Å²) in [5.41, 5.74) is 5.40. The predicted octanol–water partition coefficient (Wildman–Crippen LogP) is 3.52. The minimum Gasteiger partial charge on any atom is -0.364 e. The molecule has 33 heavy (non-hydrogen) atoms. The Balaban J connectivity index is 1.50. The molecular formula is C23H27ClFN5O3. The number of hydrogen-bond acceptors (Lipinski definition) is 4. The van der Waals surface area contributed by atoms with Gasteiger partial charge in [-0.1, -0.05) is 11.6 Å². The van der Waals surface area contributed by atoms with Gasteiger partial charge in [0.25, 0.3) is 11.8 Å². The van der Waals surface area contributed by atoms with Gasteiger partial charge in [0.05, 0.1) is 22.5 Å². The number of primary amides is 1. The molecule has 0 unspecified atom stereocenters. The number of amides is 3. The van der Waals surface area contributed by atoms with Crippen LogP contribution in [0.2, 0.25) is 5.02 Å². The van der Waals surface area contributed by atoms with E-state index < -0.39 is 17.1 Å². The number of nitrogens with zero attached hydrogens (tertiary/aromatic N) is 3. The summed E-state index contributed by atoms with van der Waals surface area (Å²) < 4.78 is 13.4. The van der Waals surface area contributed by atoms with E-state index >= 15 is 0 Å². The van der Waals surface area contributed by atoms with E-state index in [1.54, 1.807) is 15.9 Å². The molecule has 1 aliphatic heterocycles. The van der Waals surface area contributed by atoms with Gasteiger partial charge in [0.1, 0.15) is 11.5 Å². The standard InChI is InChI=1S/C23H27ClFN5O3/c1-13(2)30(21(32)19-18(20(26)31)27-12-28-19)15-5-7-23(8-6-15)9-10-29(22(23)33)17-4-3-14(25)11-16(17)24/h3-4,11-13,15H,5-10H2,1-2H3,(H2,26,31)(H,27,28). The highest BCUT2D eigenvalue weighted by atomic mass is 35.5. The number of nitrogens with two attached hydrogens (primary N) is 1. The first kappa shape index (κ1) is 23.2. The van der Waals surface area contributed by atoms with Gasteiger partial charge in [-0.05, 0) is 64.2 Å². The molecule has 1 spiro atoms. The van der Waals surface area contributed by atoms with Crippen molar-refractivity contribution in [3.05, 3.63) is 46.8 Å². The van der Waals surface area contributed by atoms with Crippen LogP contribution in [0.3, 0.4) is 0 Å². The van der Waals surface area contributed by atoms with Crippen molar-refractivity contribution in [2.24, 2.45) is 11.1 Å². The van der Waals surface area contributed by atoms with Crippen molar-refractivity contribution < 1.29 is 18.8 Å². The second-order valence-corrected chi connectivity index (χ2v) is 9.52. The van der Waals surface area contributed by atoms with Crippen LogP contribution in [0.15, 0.2) is 24.5 Å². The van der Waals surface area contributed by atoms with E-state index in [-0.39, 0.29) is 40.3 Å². The van der Waals surface area contributed by atoms with Gasteiger partial charge >= 0.3 is 0 Å². The Bertz CT molecular complexity index is 1090. The average Bonchev–Trinajstić information content (AvgIpc) is 3.36. The van der Waals surface area contributed by atoms with Crippen LogP contribution >= 0.6 is 11.6 Å². The van der Waals surface area contributed by atoms with E-state index in [1.165, 1.54) is 18.5 Å². The van der Waals surface area contributed by atoms with Gasteiger partial charge in [0.2, 0.25) is 5.91 Å². The molecule has 2 heterocycles. The Hall–Kier alpha value is -2.94. The number of aromatic nitrogens is 2. The molecule has 0 atom stereocenters. The quantitative estimate of drug-likeness (QED) is 0.688. The largest absolute Gasteiger partial charge is 0.364 e. The average molecular weight is 476 g/mol. The van der Waals surface area contributed by atoms with E-state index in [2.05, 4.69) is 9.97 Å². The molecule has 2 aromatic rings. The maximum atomic E-state index is 13.4. The fourth-order valence-electron chi connectivity index (χ4n) is 5.24. The molecule has 2 aliphatic rings. The van der Waals surface area contributed by atoms with Gasteiger partial charge in [0.15, 0.2) is 5.69 Å². The van der Waals surface area contributed by atoms with Crippen LogP contribution in [0.4, 0.5) is 10.1 Å². The molecular weight excluding hydrogens is 449 g/mol. The fraction of sp³-hybridized carbons (Fsp3) is 0.478. The molecule has 1 aliphatic carbocycles. The SMILES string of the molecule is CC(C)N(C(=O)c1[nH]cnc1C(N)=O)C1CCC2(CC1)CCN(c1ccc(F)cc1Cl)C2=O. The van der Waals surface area contributed by atoms with Gasteiger partial charge in [-0.25, -0.2) is 9.37 Å². The number of imidazole rings is 1. The number of anilines is 1. The first-order chi connectivity index (χ1) is 15.6. The molecule has 0 radical (unpaired) electrons. The lowest BCUT2D eigenvalue weighted by Gasteiger charge is -2.42. The smallest absolute Gasteiger partial charge is 0.273 e. The summed E-state index contributed by atoms with van der Waals surface area (Å²) >= 11 is 6.20. The zero-order chi connectivity index (χ0) is 23.9. The molecule has 3 amide bonds. The third-order valence-corrected chi connectivity index (χ3v) is 7.20. The molecule has 4 rings (SSSR count). The molecule has 0 bridgehead atoms. The van der Waals surface area contributed by atoms with Crippen molar-refractivity contribution in [1.29, 1.82) is 0 Å². The Morgan fingerprint density at radius 3 is 2.61 bits per heavy atom. The highest BCUT2D eigenvalue weighted by Gasteiger charge is 2.50. The summed E-state index contributed by atoms with van der Waals surface area (Å²) in [6.45, 7) is 4.36. The van der Waals surface area contributed by atoms with Crippen molar-refractivity contribution >= 4 is 35.0 Å². The fourth-order valence-corrected chi connectivity index (χ4v) is 5.51. The van der Waals surface area contributed by atoms with E-state index in [1.807, 2.05) is 13.8 Å². The lowest BCUT2D eigenvalue weighted by molar-refractivity contribution is -0.127. The minimum absolute atomic E-state index is 0.00136. The zero-order valence-electron chi connectivity index (χ0n) is 18.6. The number of H-pyrrole nitrogens is 1. The van der Waals surface area contributed by atoms with Crippen LogP contribution in [0, 0.1) is 11.2 Å². The number of hydrogen-bond donors (Lipinski definition) is 2. The number of carbonyl (C=O) groups is 3. The summed E-state index contributed by atoms with van der Waals surface area (Å²) in [5.74, 6) is -1.53.